The number of hydrogen-bond donors (Lipinski definition) is 1. The Morgan fingerprint density at radius 2 is 1.64 bits per heavy atom. The van der Waals surface area contributed by atoms with Crippen LogP contribution in [0.3, 0.4) is 0 Å². The molecule has 6 nitrogen and oxygen atoms in total. The molecule has 8 heteroatoms. The zero-order chi connectivity index (χ0) is 25.5. The summed E-state index contributed by atoms with van der Waals surface area (Å²) >= 11 is 4.53. The van der Waals surface area contributed by atoms with Crippen LogP contribution >= 0.6 is 45.2 Å². The monoisotopic (exact) mass is 706 g/mol. The summed E-state index contributed by atoms with van der Waals surface area (Å²) in [5.74, 6) is 1.81. The van der Waals surface area contributed by atoms with Gasteiger partial charge in [-0.2, -0.15) is 5.10 Å². The lowest BCUT2D eigenvalue weighted by atomic mass is 10.1. The zero-order valence-corrected chi connectivity index (χ0v) is 24.1. The molecule has 0 saturated carbocycles. The molecule has 4 aromatic carbocycles. The van der Waals surface area contributed by atoms with E-state index in [0.29, 0.717) is 18.1 Å². The van der Waals surface area contributed by atoms with Gasteiger partial charge in [-0.05, 0) is 96.9 Å². The fourth-order valence-electron chi connectivity index (χ4n) is 3.75. The van der Waals surface area contributed by atoms with E-state index in [9.17, 15) is 4.79 Å². The third-order valence-corrected chi connectivity index (χ3v) is 7.09. The minimum atomic E-state index is -0.224. The summed E-state index contributed by atoms with van der Waals surface area (Å²) in [5.41, 5.74) is 5.40. The standard InChI is InChI=1S/C28H24I2N2O4/c1-34-25-11-10-18(14-26(25)35-2)15-27(33)32-31-16-19-12-23(29)28(24(30)13-19)36-17-21-8-5-7-20-6-3-4-9-22(20)21/h3-14,16H,15,17H2,1-2H3,(H,32,33)/b31-16+. The average Bonchev–Trinajstić information content (AvgIpc) is 2.88. The molecule has 0 radical (unpaired) electrons. The van der Waals surface area contributed by atoms with Crippen molar-refractivity contribution in [3.63, 3.8) is 0 Å². The molecule has 1 amide bonds. The van der Waals surface area contributed by atoms with Crippen LogP contribution in [0.5, 0.6) is 17.2 Å². The highest BCUT2D eigenvalue weighted by atomic mass is 127. The molecule has 184 valence electrons. The van der Waals surface area contributed by atoms with Gasteiger partial charge >= 0.3 is 0 Å². The third kappa shape index (κ3) is 6.47. The quantitative estimate of drug-likeness (QED) is 0.126. The first kappa shape index (κ1) is 26.2. The number of nitrogens with zero attached hydrogens (tertiary/aromatic N) is 1. The Kier molecular flexibility index (Phi) is 9.03. The second-order valence-electron chi connectivity index (χ2n) is 7.90. The van der Waals surface area contributed by atoms with Gasteiger partial charge in [0.2, 0.25) is 5.91 Å². The van der Waals surface area contributed by atoms with Gasteiger partial charge in [-0.15, -0.1) is 0 Å². The smallest absolute Gasteiger partial charge is 0.244 e. The van der Waals surface area contributed by atoms with Crippen LogP contribution < -0.4 is 19.6 Å². The van der Waals surface area contributed by atoms with Crippen molar-refractivity contribution in [2.24, 2.45) is 5.10 Å². The van der Waals surface area contributed by atoms with Crippen LogP contribution in [-0.4, -0.2) is 26.3 Å². The number of amides is 1. The number of nitrogens with one attached hydrogen (secondary N) is 1. The maximum absolute atomic E-state index is 12.3. The molecule has 0 unspecified atom stereocenters. The number of benzene rings is 4. The van der Waals surface area contributed by atoms with Crippen LogP contribution in [0, 0.1) is 7.14 Å². The van der Waals surface area contributed by atoms with Crippen molar-refractivity contribution in [1.82, 2.24) is 5.43 Å². The Hall–Kier alpha value is -2.86. The van der Waals surface area contributed by atoms with Gasteiger partial charge in [0.05, 0.1) is 34.0 Å². The molecule has 0 aliphatic rings. The van der Waals surface area contributed by atoms with Crippen molar-refractivity contribution in [1.29, 1.82) is 0 Å². The van der Waals surface area contributed by atoms with E-state index in [1.165, 1.54) is 10.8 Å². The van der Waals surface area contributed by atoms with E-state index in [-0.39, 0.29) is 12.3 Å². The van der Waals surface area contributed by atoms with E-state index in [1.54, 1.807) is 32.6 Å². The van der Waals surface area contributed by atoms with Crippen molar-refractivity contribution in [2.75, 3.05) is 14.2 Å². The highest BCUT2D eigenvalue weighted by molar-refractivity contribution is 14.1. The molecule has 0 aromatic heterocycles. The van der Waals surface area contributed by atoms with E-state index in [4.69, 9.17) is 14.2 Å². The molecule has 0 heterocycles. The maximum Gasteiger partial charge on any atom is 0.244 e. The van der Waals surface area contributed by atoms with E-state index in [2.05, 4.69) is 86.0 Å². The van der Waals surface area contributed by atoms with E-state index in [0.717, 1.165) is 29.6 Å². The first-order valence-electron chi connectivity index (χ1n) is 11.1. The minimum absolute atomic E-state index is 0.174. The molecule has 0 aliphatic carbocycles. The SMILES string of the molecule is COc1ccc(CC(=O)N/N=C/c2cc(I)c(OCc3cccc4ccccc34)c(I)c2)cc1OC. The molecule has 1 N–H and O–H groups in total. The number of methoxy groups -OCH3 is 2. The topological polar surface area (TPSA) is 69.2 Å². The third-order valence-electron chi connectivity index (χ3n) is 5.49. The van der Waals surface area contributed by atoms with Crippen molar-refractivity contribution in [2.45, 2.75) is 13.0 Å². The van der Waals surface area contributed by atoms with Crippen molar-refractivity contribution >= 4 is 68.1 Å². The number of rotatable bonds is 9. The molecule has 0 aliphatic heterocycles. The van der Waals surface area contributed by atoms with E-state index >= 15 is 0 Å². The molecular formula is C28H24I2N2O4. The molecule has 0 saturated heterocycles. The summed E-state index contributed by atoms with van der Waals surface area (Å²) in [7, 11) is 3.14. The van der Waals surface area contributed by atoms with Crippen LogP contribution in [0.2, 0.25) is 0 Å². The minimum Gasteiger partial charge on any atom is -0.493 e. The van der Waals surface area contributed by atoms with Gasteiger partial charge in [0.1, 0.15) is 12.4 Å². The fourth-order valence-corrected chi connectivity index (χ4v) is 5.88. The van der Waals surface area contributed by atoms with Crippen LogP contribution in [0.4, 0.5) is 0 Å². The Bertz CT molecular complexity index is 1390. The summed E-state index contributed by atoms with van der Waals surface area (Å²) < 4.78 is 18.7. The summed E-state index contributed by atoms with van der Waals surface area (Å²) in [6, 6.07) is 23.9. The molecule has 0 spiro atoms. The molecule has 36 heavy (non-hydrogen) atoms. The summed E-state index contributed by atoms with van der Waals surface area (Å²) in [4.78, 5) is 12.3. The number of hydrazone groups is 1. The van der Waals surface area contributed by atoms with Gasteiger partial charge in [-0.25, -0.2) is 5.43 Å². The van der Waals surface area contributed by atoms with Gasteiger partial charge in [-0.3, -0.25) is 4.79 Å². The molecule has 0 fully saturated rings. The lowest BCUT2D eigenvalue weighted by molar-refractivity contribution is -0.120. The number of ether oxygens (including phenoxy) is 3. The van der Waals surface area contributed by atoms with Gasteiger partial charge in [0, 0.05) is 0 Å². The van der Waals surface area contributed by atoms with Crippen molar-refractivity contribution in [3.8, 4) is 17.2 Å². The Morgan fingerprint density at radius 3 is 2.39 bits per heavy atom. The molecule has 0 atom stereocenters. The summed E-state index contributed by atoms with van der Waals surface area (Å²) in [6.07, 6.45) is 1.80. The number of halogens is 2. The van der Waals surface area contributed by atoms with Crippen molar-refractivity contribution < 1.29 is 19.0 Å². The highest BCUT2D eigenvalue weighted by Crippen LogP contribution is 2.30. The Labute approximate surface area is 237 Å². The molecule has 4 rings (SSSR count). The van der Waals surface area contributed by atoms with Gasteiger partial charge in [-0.1, -0.05) is 48.5 Å². The zero-order valence-electron chi connectivity index (χ0n) is 19.8. The highest BCUT2D eigenvalue weighted by Gasteiger charge is 2.11. The largest absolute Gasteiger partial charge is 0.493 e. The maximum atomic E-state index is 12.3. The van der Waals surface area contributed by atoms with E-state index in [1.807, 2.05) is 30.3 Å². The summed E-state index contributed by atoms with van der Waals surface area (Å²) in [5, 5.41) is 6.51. The van der Waals surface area contributed by atoms with Crippen LogP contribution in [0.15, 0.2) is 77.9 Å². The molecule has 4 aromatic rings. The van der Waals surface area contributed by atoms with Crippen LogP contribution in [0.1, 0.15) is 16.7 Å². The fraction of sp³-hybridized carbons (Fsp3) is 0.143. The lowest BCUT2D eigenvalue weighted by Crippen LogP contribution is -2.19. The van der Waals surface area contributed by atoms with Crippen molar-refractivity contribution in [3.05, 3.63) is 96.6 Å². The number of carbonyl (C=O) groups is 1. The van der Waals surface area contributed by atoms with Gasteiger partial charge < -0.3 is 14.2 Å². The molecule has 0 bridgehead atoms. The second kappa shape index (κ2) is 12.4. The Balaban J connectivity index is 1.38. The second-order valence-corrected chi connectivity index (χ2v) is 10.2. The van der Waals surface area contributed by atoms with Gasteiger partial charge in [0.25, 0.3) is 0 Å². The first-order chi connectivity index (χ1) is 17.5. The van der Waals surface area contributed by atoms with Crippen LogP contribution in [-0.2, 0) is 17.8 Å². The lowest BCUT2D eigenvalue weighted by Gasteiger charge is -2.13. The predicted octanol–water partition coefficient (Wildman–Crippen LogP) is 6.34. The van der Waals surface area contributed by atoms with E-state index < -0.39 is 0 Å². The number of fused-ring (bicyclic) bond motifs is 1. The van der Waals surface area contributed by atoms with Crippen LogP contribution in [0.25, 0.3) is 10.8 Å². The predicted molar refractivity (Wildman–Crippen MR) is 159 cm³/mol. The number of hydrogen-bond acceptors (Lipinski definition) is 5. The normalized spacial score (nSPS) is 11.0. The first-order valence-corrected chi connectivity index (χ1v) is 13.3. The van der Waals surface area contributed by atoms with Gasteiger partial charge in [0.15, 0.2) is 11.5 Å². The molecular weight excluding hydrogens is 682 g/mol. The summed E-state index contributed by atoms with van der Waals surface area (Å²) in [6.45, 7) is 0.479. The average molecular weight is 706 g/mol. The number of carbonyl (C=O) groups excluding carboxylic acids is 1. The Morgan fingerprint density at radius 1 is 0.917 bits per heavy atom.